The number of thiophene rings is 1. The molecule has 3 aromatic rings. The van der Waals surface area contributed by atoms with Crippen LogP contribution in [0, 0.1) is 6.92 Å². The maximum absolute atomic E-state index is 12.0. The number of hydrogen-bond donors (Lipinski definition) is 1. The third-order valence-corrected chi connectivity index (χ3v) is 4.03. The van der Waals surface area contributed by atoms with Crippen LogP contribution in [0.4, 0.5) is 5.88 Å². The molecule has 1 amide bonds. The Labute approximate surface area is 152 Å². The Morgan fingerprint density at radius 2 is 2.19 bits per heavy atom. The van der Waals surface area contributed by atoms with E-state index in [1.54, 1.807) is 13.0 Å². The van der Waals surface area contributed by atoms with Crippen LogP contribution in [0.25, 0.3) is 11.4 Å². The number of aryl methyl sites for hydroxylation is 2. The molecule has 26 heavy (non-hydrogen) atoms. The summed E-state index contributed by atoms with van der Waals surface area (Å²) < 4.78 is 15.1. The van der Waals surface area contributed by atoms with Gasteiger partial charge in [-0.15, -0.1) is 0 Å². The predicted octanol–water partition coefficient (Wildman–Crippen LogP) is 2.60. The van der Waals surface area contributed by atoms with Crippen molar-refractivity contribution in [3.8, 4) is 11.4 Å². The van der Waals surface area contributed by atoms with Gasteiger partial charge in [0.05, 0.1) is 12.1 Å². The van der Waals surface area contributed by atoms with E-state index < -0.39 is 18.0 Å². The Bertz CT molecular complexity index is 886. The quantitative estimate of drug-likeness (QED) is 0.625. The molecule has 0 unspecified atom stereocenters. The molecule has 0 aliphatic carbocycles. The summed E-state index contributed by atoms with van der Waals surface area (Å²) in [5, 5.41) is 13.8. The average Bonchev–Trinajstić information content (AvgIpc) is 3.34. The first-order valence-electron chi connectivity index (χ1n) is 7.80. The largest absolute Gasteiger partial charge is 0.453 e. The second-order valence-corrected chi connectivity index (χ2v) is 6.26. The third kappa shape index (κ3) is 4.54. The number of carbonyl (C=O) groups is 2. The molecule has 10 heteroatoms. The molecule has 3 aromatic heterocycles. The molecule has 0 fully saturated rings. The fourth-order valence-electron chi connectivity index (χ4n) is 2.03. The molecule has 136 valence electrons. The Morgan fingerprint density at radius 3 is 2.88 bits per heavy atom. The van der Waals surface area contributed by atoms with Crippen molar-refractivity contribution in [3.63, 3.8) is 0 Å². The zero-order valence-corrected chi connectivity index (χ0v) is 14.9. The van der Waals surface area contributed by atoms with Gasteiger partial charge in [0.25, 0.3) is 5.91 Å². The Hall–Kier alpha value is -3.01. The Balaban J connectivity index is 1.45. The summed E-state index contributed by atoms with van der Waals surface area (Å²) in [5.74, 6) is -0.0481. The molecular formula is C16H16N4O5S. The number of esters is 1. The van der Waals surface area contributed by atoms with Crippen molar-refractivity contribution in [2.75, 3.05) is 5.32 Å². The average molecular weight is 376 g/mol. The van der Waals surface area contributed by atoms with E-state index in [4.69, 9.17) is 13.8 Å². The van der Waals surface area contributed by atoms with Gasteiger partial charge in [-0.3, -0.25) is 14.9 Å². The van der Waals surface area contributed by atoms with Crippen molar-refractivity contribution in [2.24, 2.45) is 0 Å². The maximum Gasteiger partial charge on any atom is 0.307 e. The van der Waals surface area contributed by atoms with Crippen molar-refractivity contribution >= 4 is 29.1 Å². The van der Waals surface area contributed by atoms with Crippen molar-refractivity contribution in [1.29, 1.82) is 0 Å². The van der Waals surface area contributed by atoms with Gasteiger partial charge in [0.2, 0.25) is 17.6 Å². The summed E-state index contributed by atoms with van der Waals surface area (Å²) in [6.07, 6.45) is -0.729. The molecular weight excluding hydrogens is 360 g/mol. The van der Waals surface area contributed by atoms with E-state index in [0.717, 1.165) is 5.56 Å². The zero-order valence-electron chi connectivity index (χ0n) is 14.1. The van der Waals surface area contributed by atoms with Gasteiger partial charge in [-0.05, 0) is 25.3 Å². The van der Waals surface area contributed by atoms with Gasteiger partial charge >= 0.3 is 5.97 Å². The molecule has 0 spiro atoms. The molecule has 3 heterocycles. The van der Waals surface area contributed by atoms with Gasteiger partial charge in [-0.1, -0.05) is 10.3 Å². The summed E-state index contributed by atoms with van der Waals surface area (Å²) in [6, 6.07) is 3.44. The lowest BCUT2D eigenvalue weighted by Gasteiger charge is -2.11. The smallest absolute Gasteiger partial charge is 0.307 e. The van der Waals surface area contributed by atoms with Crippen LogP contribution in [-0.4, -0.2) is 33.3 Å². The second-order valence-electron chi connectivity index (χ2n) is 5.48. The summed E-state index contributed by atoms with van der Waals surface area (Å²) >= 11 is 1.53. The molecule has 9 nitrogen and oxygen atoms in total. The molecule has 0 saturated heterocycles. The van der Waals surface area contributed by atoms with Crippen LogP contribution in [0.3, 0.4) is 0 Å². The number of carbonyl (C=O) groups excluding carboxylic acids is 2. The highest BCUT2D eigenvalue weighted by Gasteiger charge is 2.20. The molecule has 0 aromatic carbocycles. The summed E-state index contributed by atoms with van der Waals surface area (Å²) in [4.78, 5) is 28.1. The van der Waals surface area contributed by atoms with Crippen LogP contribution in [0.15, 0.2) is 31.9 Å². The van der Waals surface area contributed by atoms with Gasteiger partial charge in [-0.25, -0.2) is 0 Å². The molecule has 0 aliphatic rings. The number of anilines is 1. The van der Waals surface area contributed by atoms with Crippen LogP contribution in [-0.2, 0) is 20.7 Å². The first-order chi connectivity index (χ1) is 12.5. The number of amides is 1. The number of nitrogens with zero attached hydrogens (tertiary/aromatic N) is 3. The van der Waals surface area contributed by atoms with E-state index in [0.29, 0.717) is 17.4 Å². The fourth-order valence-corrected chi connectivity index (χ4v) is 2.66. The van der Waals surface area contributed by atoms with Crippen LogP contribution in [0.1, 0.15) is 24.9 Å². The van der Waals surface area contributed by atoms with Crippen molar-refractivity contribution in [1.82, 2.24) is 15.3 Å². The maximum atomic E-state index is 12.0. The Kier molecular flexibility index (Phi) is 5.42. The first-order valence-corrected chi connectivity index (χ1v) is 8.74. The zero-order chi connectivity index (χ0) is 18.5. The van der Waals surface area contributed by atoms with Gasteiger partial charge in [0, 0.05) is 23.4 Å². The van der Waals surface area contributed by atoms with Gasteiger partial charge in [-0.2, -0.15) is 16.3 Å². The molecule has 0 radical (unpaired) electrons. The topological polar surface area (TPSA) is 120 Å². The lowest BCUT2D eigenvalue weighted by molar-refractivity contribution is -0.153. The summed E-state index contributed by atoms with van der Waals surface area (Å²) in [5.41, 5.74) is 1.49. The van der Waals surface area contributed by atoms with E-state index in [-0.39, 0.29) is 18.7 Å². The minimum Gasteiger partial charge on any atom is -0.453 e. The van der Waals surface area contributed by atoms with E-state index in [2.05, 4.69) is 20.6 Å². The van der Waals surface area contributed by atoms with Crippen LogP contribution in [0.2, 0.25) is 0 Å². The molecule has 0 bridgehead atoms. The van der Waals surface area contributed by atoms with Gasteiger partial charge < -0.3 is 13.8 Å². The lowest BCUT2D eigenvalue weighted by atomic mass is 10.3. The molecule has 1 N–H and O–H groups in total. The molecule has 1 atom stereocenters. The molecule has 0 aliphatic heterocycles. The number of nitrogens with one attached hydrogen (secondary N) is 1. The summed E-state index contributed by atoms with van der Waals surface area (Å²) in [7, 11) is 0. The van der Waals surface area contributed by atoms with Gasteiger partial charge in [0.1, 0.15) is 0 Å². The summed E-state index contributed by atoms with van der Waals surface area (Å²) in [6.45, 7) is 3.20. The highest BCUT2D eigenvalue weighted by molar-refractivity contribution is 7.08. The Morgan fingerprint density at radius 1 is 1.35 bits per heavy atom. The first kappa shape index (κ1) is 17.8. The van der Waals surface area contributed by atoms with E-state index in [9.17, 15) is 9.59 Å². The highest BCUT2D eigenvalue weighted by Crippen LogP contribution is 2.19. The predicted molar refractivity (Wildman–Crippen MR) is 91.4 cm³/mol. The minimum absolute atomic E-state index is 0.0182. The highest BCUT2D eigenvalue weighted by atomic mass is 32.1. The standard InChI is InChI=1S/C16H16N4O5S/c1-9-7-13(25-19-9)18-16(22)10(2)23-14(21)4-3-12-17-15(20-24-12)11-5-6-26-8-11/h5-8,10H,3-4H2,1-2H3,(H,18,22)/t10-/m0/s1. The van der Waals surface area contributed by atoms with Crippen LogP contribution >= 0.6 is 11.3 Å². The van der Waals surface area contributed by atoms with Crippen molar-refractivity contribution in [2.45, 2.75) is 32.8 Å². The number of ether oxygens (including phenoxy) is 1. The minimum atomic E-state index is -0.975. The van der Waals surface area contributed by atoms with Crippen LogP contribution < -0.4 is 5.32 Å². The van der Waals surface area contributed by atoms with E-state index in [1.807, 2.05) is 16.8 Å². The van der Waals surface area contributed by atoms with Crippen molar-refractivity contribution in [3.05, 3.63) is 34.5 Å². The van der Waals surface area contributed by atoms with Crippen LogP contribution in [0.5, 0.6) is 0 Å². The van der Waals surface area contributed by atoms with Gasteiger partial charge in [0.15, 0.2) is 6.10 Å². The molecule has 3 rings (SSSR count). The fraction of sp³-hybridized carbons (Fsp3) is 0.312. The number of aromatic nitrogens is 3. The monoisotopic (exact) mass is 376 g/mol. The van der Waals surface area contributed by atoms with E-state index in [1.165, 1.54) is 18.3 Å². The number of hydrogen-bond acceptors (Lipinski definition) is 9. The van der Waals surface area contributed by atoms with E-state index >= 15 is 0 Å². The number of rotatable bonds is 7. The second kappa shape index (κ2) is 7.91. The van der Waals surface area contributed by atoms with Crippen molar-refractivity contribution < 1.29 is 23.4 Å². The SMILES string of the molecule is Cc1cc(NC(=O)[C@H](C)OC(=O)CCc2nc(-c3ccsc3)no2)on1. The third-order valence-electron chi connectivity index (χ3n) is 3.34. The lowest BCUT2D eigenvalue weighted by Crippen LogP contribution is -2.29. The normalized spacial score (nSPS) is 11.9. The molecule has 0 saturated carbocycles.